The average molecular weight is 725 g/mol. The summed E-state index contributed by atoms with van der Waals surface area (Å²) in [5.74, 6) is 3.36. The Labute approximate surface area is 315 Å². The smallest absolute Gasteiger partial charge is 0.253 e. The van der Waals surface area contributed by atoms with Gasteiger partial charge in [0.25, 0.3) is 10.9 Å². The number of rotatable bonds is 12. The zero-order chi connectivity index (χ0) is 37.1. The van der Waals surface area contributed by atoms with E-state index in [2.05, 4.69) is 55.7 Å². The minimum absolute atomic E-state index is 0.0948. The fraction of sp³-hybridized carbons (Fsp3) is 0.409. The van der Waals surface area contributed by atoms with Crippen LogP contribution in [-0.4, -0.2) is 72.3 Å². The number of methoxy groups -OCH3 is 2. The van der Waals surface area contributed by atoms with Crippen molar-refractivity contribution in [3.05, 3.63) is 118 Å². The average Bonchev–Trinajstić information content (AvgIpc) is 3.24. The van der Waals surface area contributed by atoms with E-state index >= 15 is 0 Å². The van der Waals surface area contributed by atoms with Gasteiger partial charge in [-0.2, -0.15) is 0 Å². The highest BCUT2D eigenvalue weighted by molar-refractivity contribution is 5.86. The van der Waals surface area contributed by atoms with Crippen LogP contribution in [0.1, 0.15) is 48.9 Å². The monoisotopic (exact) mass is 724 g/mol. The molecule has 10 heteroatoms. The molecule has 6 aliphatic rings. The molecule has 0 amide bonds. The first kappa shape index (κ1) is 34.7. The van der Waals surface area contributed by atoms with E-state index in [-0.39, 0.29) is 24.2 Å². The van der Waals surface area contributed by atoms with Crippen molar-refractivity contribution in [1.29, 1.82) is 0 Å². The van der Waals surface area contributed by atoms with Crippen molar-refractivity contribution in [3.63, 3.8) is 0 Å². The third kappa shape index (κ3) is 5.78. The minimum Gasteiger partial charge on any atom is -0.497 e. The molecule has 2 aromatic heterocycles. The van der Waals surface area contributed by atoms with E-state index in [4.69, 9.17) is 9.47 Å². The Kier molecular flexibility index (Phi) is 8.98. The van der Waals surface area contributed by atoms with Crippen LogP contribution in [0.2, 0.25) is 0 Å². The van der Waals surface area contributed by atoms with Crippen molar-refractivity contribution < 1.29 is 9.47 Å². The summed E-state index contributed by atoms with van der Waals surface area (Å²) < 4.78 is 11.3. The van der Waals surface area contributed by atoms with Crippen molar-refractivity contribution in [1.82, 2.24) is 19.8 Å². The van der Waals surface area contributed by atoms with Gasteiger partial charge in [0, 0.05) is 48.3 Å². The number of pyridine rings is 2. The number of ether oxygens (including phenoxy) is 2. The van der Waals surface area contributed by atoms with Gasteiger partial charge in [0.05, 0.1) is 37.3 Å². The maximum Gasteiger partial charge on any atom is 0.253 e. The summed E-state index contributed by atoms with van der Waals surface area (Å²) in [6, 6.07) is 15.6. The van der Waals surface area contributed by atoms with Crippen LogP contribution in [-0.2, 0) is 0 Å². The molecule has 0 aliphatic carbocycles. The van der Waals surface area contributed by atoms with Gasteiger partial charge in [0.1, 0.15) is 22.9 Å². The molecule has 6 saturated heterocycles. The second-order valence-corrected chi connectivity index (χ2v) is 15.7. The summed E-state index contributed by atoms with van der Waals surface area (Å²) in [6.07, 6.45) is 12.0. The van der Waals surface area contributed by atoms with Gasteiger partial charge in [-0.25, -0.2) is 0 Å². The van der Waals surface area contributed by atoms with E-state index in [9.17, 15) is 9.59 Å². The van der Waals surface area contributed by atoms with Crippen molar-refractivity contribution in [2.75, 3.05) is 51.0 Å². The maximum atomic E-state index is 13.8. The first-order chi connectivity index (χ1) is 26.4. The van der Waals surface area contributed by atoms with Crippen molar-refractivity contribution in [2.24, 2.45) is 23.7 Å². The lowest BCUT2D eigenvalue weighted by Crippen LogP contribution is -2.57. The standard InChI is InChI=1S/C44H48N6O4/c1-5-25-23-49-17-13-27(25)19-37(49)39(31-11-15-45-35-9-7-29(53-3)21-33(31)35)47-41-42(44(52)43(41)51)48-40(38-20-28-14-18-50(38)24-26(28)6-2)32-12-16-46-36-10-8-30(54-4)22-34(32)36/h5-12,15-16,21-22,25-28,37-40,47-48H,1-2,13-14,17-20,23-24H2,3-4H3/t25-,26?,27+,28?,37-,38-,39-,40-/m0/s1. The molecular weight excluding hydrogens is 677 g/mol. The van der Waals surface area contributed by atoms with E-state index in [0.717, 1.165) is 96.3 Å². The lowest BCUT2D eigenvalue weighted by molar-refractivity contribution is 0.0102. The van der Waals surface area contributed by atoms with Crippen LogP contribution >= 0.6 is 0 Å². The van der Waals surface area contributed by atoms with Crippen LogP contribution in [0.15, 0.2) is 95.8 Å². The van der Waals surface area contributed by atoms with Crippen LogP contribution in [0.3, 0.4) is 0 Å². The maximum absolute atomic E-state index is 13.8. The molecule has 6 aliphatic heterocycles. The van der Waals surface area contributed by atoms with Crippen LogP contribution in [0.25, 0.3) is 21.8 Å². The van der Waals surface area contributed by atoms with E-state index < -0.39 is 10.9 Å². The highest BCUT2D eigenvalue weighted by Gasteiger charge is 2.46. The van der Waals surface area contributed by atoms with Gasteiger partial charge < -0.3 is 20.1 Å². The second kappa shape index (κ2) is 14.0. The summed E-state index contributed by atoms with van der Waals surface area (Å²) in [6.45, 7) is 12.1. The number of hydrogen-bond acceptors (Lipinski definition) is 10. The summed E-state index contributed by atoms with van der Waals surface area (Å²) in [5.41, 5.74) is 3.47. The molecular formula is C44H48N6O4. The topological polar surface area (TPSA) is 109 Å². The lowest BCUT2D eigenvalue weighted by Gasteiger charge is -2.52. The SMILES string of the molecule is C=CC1CN2CCC1C[C@H]2[C@@H](Nc1c(N[C@@H](c2ccnc3ccc(OC)cc23)[C@@H]2C[C@H]3CCN2C[C@@H]3C=C)c(=O)c1=O)c1ccnc2ccc(OC)cc12. The fourth-order valence-corrected chi connectivity index (χ4v) is 10.3. The third-order valence-electron chi connectivity index (χ3n) is 13.2. The largest absolute Gasteiger partial charge is 0.497 e. The molecule has 278 valence electrons. The molecule has 10 atom stereocenters. The third-order valence-corrected chi connectivity index (χ3v) is 13.2. The molecule has 4 bridgehead atoms. The zero-order valence-electron chi connectivity index (χ0n) is 31.0. The molecule has 3 aromatic carbocycles. The summed E-state index contributed by atoms with van der Waals surface area (Å²) in [7, 11) is 3.33. The van der Waals surface area contributed by atoms with Crippen molar-refractivity contribution in [2.45, 2.75) is 49.9 Å². The number of fused-ring (bicyclic) bond motifs is 8. The molecule has 54 heavy (non-hydrogen) atoms. The van der Waals surface area contributed by atoms with Crippen LogP contribution < -0.4 is 31.0 Å². The number of benzene rings is 2. The summed E-state index contributed by atoms with van der Waals surface area (Å²) in [4.78, 5) is 42.1. The van der Waals surface area contributed by atoms with E-state index in [1.165, 1.54) is 0 Å². The van der Waals surface area contributed by atoms with Gasteiger partial charge in [-0.1, -0.05) is 12.2 Å². The predicted octanol–water partition coefficient (Wildman–Crippen LogP) is 6.50. The molecule has 4 unspecified atom stereocenters. The Morgan fingerprint density at radius 3 is 1.52 bits per heavy atom. The number of anilines is 2. The van der Waals surface area contributed by atoms with Crippen LogP contribution in [0, 0.1) is 23.7 Å². The van der Waals surface area contributed by atoms with E-state index in [1.54, 1.807) is 14.2 Å². The highest BCUT2D eigenvalue weighted by atomic mass is 16.5. The van der Waals surface area contributed by atoms with Crippen molar-refractivity contribution in [3.8, 4) is 11.5 Å². The normalized spacial score (nSPS) is 28.5. The summed E-state index contributed by atoms with van der Waals surface area (Å²) in [5, 5.41) is 9.39. The highest BCUT2D eigenvalue weighted by Crippen LogP contribution is 2.46. The fourth-order valence-electron chi connectivity index (χ4n) is 10.3. The summed E-state index contributed by atoms with van der Waals surface area (Å²) >= 11 is 0. The van der Waals surface area contributed by atoms with Crippen LogP contribution in [0.5, 0.6) is 11.5 Å². The Bertz CT molecular complexity index is 2160. The van der Waals surface area contributed by atoms with E-state index in [0.29, 0.717) is 35.0 Å². The molecule has 10 nitrogen and oxygen atoms in total. The Morgan fingerprint density at radius 1 is 0.704 bits per heavy atom. The molecule has 0 saturated carbocycles. The van der Waals surface area contributed by atoms with Gasteiger partial charge in [0.15, 0.2) is 0 Å². The number of piperidine rings is 6. The second-order valence-electron chi connectivity index (χ2n) is 15.7. The first-order valence-electron chi connectivity index (χ1n) is 19.3. The molecule has 0 radical (unpaired) electrons. The van der Waals surface area contributed by atoms with Gasteiger partial charge in [0.2, 0.25) is 0 Å². The number of nitrogens with zero attached hydrogens (tertiary/aromatic N) is 4. The number of nitrogens with one attached hydrogen (secondary N) is 2. The van der Waals surface area contributed by atoms with Gasteiger partial charge >= 0.3 is 0 Å². The number of hydrogen-bond donors (Lipinski definition) is 2. The van der Waals surface area contributed by atoms with Crippen molar-refractivity contribution >= 4 is 33.2 Å². The Balaban J connectivity index is 1.14. The zero-order valence-corrected chi connectivity index (χ0v) is 31.0. The van der Waals surface area contributed by atoms with Gasteiger partial charge in [-0.15, -0.1) is 13.2 Å². The molecule has 11 rings (SSSR count). The number of aromatic nitrogens is 2. The minimum atomic E-state index is -0.490. The van der Waals surface area contributed by atoms with Crippen LogP contribution in [0.4, 0.5) is 11.4 Å². The molecule has 2 N–H and O–H groups in total. The van der Waals surface area contributed by atoms with Gasteiger partial charge in [-0.05, 0) is 122 Å². The molecule has 0 spiro atoms. The Hall–Kier alpha value is -5.06. The van der Waals surface area contributed by atoms with E-state index in [1.807, 2.05) is 60.9 Å². The molecule has 6 fully saturated rings. The first-order valence-corrected chi connectivity index (χ1v) is 19.3. The quantitative estimate of drug-likeness (QED) is 0.109. The molecule has 5 aromatic rings. The predicted molar refractivity (Wildman–Crippen MR) is 214 cm³/mol. The molecule has 8 heterocycles. The Morgan fingerprint density at radius 2 is 1.15 bits per heavy atom. The lowest BCUT2D eigenvalue weighted by atomic mass is 9.72. The van der Waals surface area contributed by atoms with Gasteiger partial charge in [-0.3, -0.25) is 29.4 Å².